The molecule has 2 saturated heterocycles. The van der Waals surface area contributed by atoms with E-state index in [4.69, 9.17) is 9.47 Å². The number of halogens is 1. The number of benzene rings is 2. The largest absolute Gasteiger partial charge is 0.383 e. The molecule has 0 bridgehead atoms. The third kappa shape index (κ3) is 5.61. The van der Waals surface area contributed by atoms with Crippen molar-refractivity contribution >= 4 is 23.0 Å². The van der Waals surface area contributed by atoms with Gasteiger partial charge in [-0.1, -0.05) is 0 Å². The van der Waals surface area contributed by atoms with Crippen molar-refractivity contribution < 1.29 is 15.3 Å². The Balaban J connectivity index is 0.00000320. The maximum atomic E-state index is 14.4. The summed E-state index contributed by atoms with van der Waals surface area (Å²) < 4.78 is 26.4. The third-order valence-electron chi connectivity index (χ3n) is 6.83. The molecule has 0 spiro atoms. The van der Waals surface area contributed by atoms with Crippen LogP contribution in [0.3, 0.4) is 0 Å². The Bertz CT molecular complexity index is 1180. The monoisotopic (exact) mass is 497 g/mol. The van der Waals surface area contributed by atoms with Gasteiger partial charge in [0.15, 0.2) is 0 Å². The minimum absolute atomic E-state index is 0. The van der Waals surface area contributed by atoms with Crippen LogP contribution in [0.1, 0.15) is 6.99 Å². The van der Waals surface area contributed by atoms with Crippen LogP contribution < -0.4 is 15.1 Å². The maximum absolute atomic E-state index is 14.4. The molecule has 0 atom stereocenters. The molecule has 0 radical (unpaired) electrons. The van der Waals surface area contributed by atoms with E-state index in [9.17, 15) is 4.39 Å². The number of nitrogens with zero attached hydrogens (tertiary/aromatic N) is 6. The number of nitrogens with one attached hydrogen (secondary N) is 1. The fourth-order valence-corrected chi connectivity index (χ4v) is 4.64. The van der Waals surface area contributed by atoms with Gasteiger partial charge in [-0.3, -0.25) is 4.90 Å². The minimum Gasteiger partial charge on any atom is -0.383 e. The van der Waals surface area contributed by atoms with Crippen LogP contribution in [0, 0.1) is 12.7 Å². The van der Waals surface area contributed by atoms with Crippen LogP contribution in [0.4, 0.5) is 27.4 Å². The zero-order chi connectivity index (χ0) is 25.1. The van der Waals surface area contributed by atoms with Crippen molar-refractivity contribution in [3.8, 4) is 5.69 Å². The molecule has 10 heteroatoms. The molecule has 36 heavy (non-hydrogen) atoms. The van der Waals surface area contributed by atoms with E-state index in [0.717, 1.165) is 56.3 Å². The van der Waals surface area contributed by atoms with Crippen molar-refractivity contribution in [3.63, 3.8) is 0 Å². The molecule has 0 aliphatic carbocycles. The number of hydrogen-bond acceptors (Lipinski definition) is 8. The second-order valence-corrected chi connectivity index (χ2v) is 9.49. The SMILES string of the molecule is COCCN(C)c1cc(F)cc(-n2cnc(Nc3cc(C)cc(N4CCN(C5COC5)CC4)c3)n2)c1.[HH]. The van der Waals surface area contributed by atoms with Gasteiger partial charge in [0.25, 0.3) is 0 Å². The Morgan fingerprint density at radius 2 is 1.92 bits per heavy atom. The summed E-state index contributed by atoms with van der Waals surface area (Å²) in [5, 5.41) is 7.87. The Labute approximate surface area is 212 Å². The molecule has 0 saturated carbocycles. The molecular formula is C26H36FN7O2. The lowest BCUT2D eigenvalue weighted by Gasteiger charge is -2.43. The minimum atomic E-state index is -0.329. The molecule has 5 rings (SSSR count). The predicted molar refractivity (Wildman–Crippen MR) is 141 cm³/mol. The summed E-state index contributed by atoms with van der Waals surface area (Å²) in [7, 11) is 3.56. The lowest BCUT2D eigenvalue weighted by Crippen LogP contribution is -2.56. The lowest BCUT2D eigenvalue weighted by molar-refractivity contribution is -0.0660. The van der Waals surface area contributed by atoms with Crippen LogP contribution >= 0.6 is 0 Å². The summed E-state index contributed by atoms with van der Waals surface area (Å²) in [5.74, 6) is 0.130. The molecule has 2 aliphatic rings. The molecule has 2 aliphatic heterocycles. The first kappa shape index (κ1) is 24.5. The normalized spacial score (nSPS) is 16.7. The number of aryl methyl sites for hydroxylation is 1. The fraction of sp³-hybridized carbons (Fsp3) is 0.462. The van der Waals surface area contributed by atoms with Gasteiger partial charge in [0, 0.05) is 65.4 Å². The van der Waals surface area contributed by atoms with E-state index in [-0.39, 0.29) is 7.24 Å². The number of ether oxygens (including phenoxy) is 2. The van der Waals surface area contributed by atoms with E-state index in [1.54, 1.807) is 18.1 Å². The van der Waals surface area contributed by atoms with Crippen LogP contribution in [-0.2, 0) is 9.47 Å². The van der Waals surface area contributed by atoms with E-state index >= 15 is 0 Å². The zero-order valence-corrected chi connectivity index (χ0v) is 21.2. The quantitative estimate of drug-likeness (QED) is 0.483. The molecule has 194 valence electrons. The Morgan fingerprint density at radius 1 is 1.11 bits per heavy atom. The number of methoxy groups -OCH3 is 1. The highest BCUT2D eigenvalue weighted by molar-refractivity contribution is 5.64. The Hall–Kier alpha value is -3.21. The Morgan fingerprint density at radius 3 is 2.64 bits per heavy atom. The summed E-state index contributed by atoms with van der Waals surface area (Å²) in [6.07, 6.45) is 1.59. The van der Waals surface area contributed by atoms with Crippen LogP contribution in [0.25, 0.3) is 5.69 Å². The van der Waals surface area contributed by atoms with Crippen molar-refractivity contribution in [2.45, 2.75) is 13.0 Å². The highest BCUT2D eigenvalue weighted by Gasteiger charge is 2.29. The molecule has 0 unspecified atom stereocenters. The van der Waals surface area contributed by atoms with Gasteiger partial charge in [0.2, 0.25) is 5.95 Å². The number of anilines is 4. The zero-order valence-electron chi connectivity index (χ0n) is 21.2. The van der Waals surface area contributed by atoms with Gasteiger partial charge in [-0.2, -0.15) is 4.98 Å². The molecule has 1 N–H and O–H groups in total. The van der Waals surface area contributed by atoms with Crippen LogP contribution in [0.2, 0.25) is 0 Å². The molecular weight excluding hydrogens is 461 g/mol. The van der Waals surface area contributed by atoms with Gasteiger partial charge < -0.3 is 24.6 Å². The van der Waals surface area contributed by atoms with Gasteiger partial charge in [-0.25, -0.2) is 9.07 Å². The van der Waals surface area contributed by atoms with Crippen LogP contribution in [0.15, 0.2) is 42.7 Å². The summed E-state index contributed by atoms with van der Waals surface area (Å²) in [5.41, 5.74) is 4.64. The number of piperazine rings is 1. The molecule has 2 fully saturated rings. The third-order valence-corrected chi connectivity index (χ3v) is 6.83. The first-order valence-corrected chi connectivity index (χ1v) is 12.4. The molecule has 0 amide bonds. The average Bonchev–Trinajstić information content (AvgIpc) is 3.29. The summed E-state index contributed by atoms with van der Waals surface area (Å²) in [6.45, 7) is 9.11. The van der Waals surface area contributed by atoms with E-state index in [0.29, 0.717) is 30.8 Å². The smallest absolute Gasteiger partial charge is 0.246 e. The van der Waals surface area contributed by atoms with Gasteiger partial charge in [0.05, 0.1) is 31.5 Å². The number of hydrogen-bond donors (Lipinski definition) is 1. The van der Waals surface area contributed by atoms with Crippen molar-refractivity contribution in [2.24, 2.45) is 0 Å². The first-order chi connectivity index (χ1) is 17.5. The fourth-order valence-electron chi connectivity index (χ4n) is 4.64. The predicted octanol–water partition coefficient (Wildman–Crippen LogP) is 3.31. The van der Waals surface area contributed by atoms with Crippen LogP contribution in [-0.4, -0.2) is 92.4 Å². The molecule has 3 aromatic rings. The topological polar surface area (TPSA) is 70.9 Å². The molecule has 9 nitrogen and oxygen atoms in total. The van der Waals surface area contributed by atoms with E-state index in [2.05, 4.69) is 50.3 Å². The highest BCUT2D eigenvalue weighted by atomic mass is 19.1. The standard InChI is InChI=1S/C26H34FN7O2.H2/c1-19-10-21(14-23(11-19)32-4-6-33(7-5-32)25-16-36-17-25)29-26-28-18-34(30-26)24-13-20(27)12-22(15-24)31(2)8-9-35-3;/h10-15,18,25H,4-9,16-17H2,1-3H3,(H,29,30);1H. The van der Waals surface area contributed by atoms with Gasteiger partial charge in [0.1, 0.15) is 12.1 Å². The van der Waals surface area contributed by atoms with E-state index in [1.165, 1.54) is 17.8 Å². The number of rotatable bonds is 9. The van der Waals surface area contributed by atoms with E-state index in [1.807, 2.05) is 18.0 Å². The van der Waals surface area contributed by atoms with Crippen molar-refractivity contribution in [1.82, 2.24) is 19.7 Å². The second-order valence-electron chi connectivity index (χ2n) is 9.49. The van der Waals surface area contributed by atoms with Gasteiger partial charge >= 0.3 is 0 Å². The van der Waals surface area contributed by atoms with Crippen molar-refractivity contribution in [3.05, 3.63) is 54.1 Å². The summed E-state index contributed by atoms with van der Waals surface area (Å²) in [6, 6.07) is 11.9. The van der Waals surface area contributed by atoms with Gasteiger partial charge in [-0.05, 0) is 48.9 Å². The van der Waals surface area contributed by atoms with Crippen LogP contribution in [0.5, 0.6) is 0 Å². The van der Waals surface area contributed by atoms with Crippen molar-refractivity contribution in [2.75, 3.05) is 81.8 Å². The summed E-state index contributed by atoms with van der Waals surface area (Å²) in [4.78, 5) is 11.3. The molecule has 2 aromatic carbocycles. The van der Waals surface area contributed by atoms with Crippen molar-refractivity contribution in [1.29, 1.82) is 0 Å². The second kappa shape index (κ2) is 10.8. The van der Waals surface area contributed by atoms with Gasteiger partial charge in [-0.15, -0.1) is 5.10 Å². The van der Waals surface area contributed by atoms with E-state index < -0.39 is 0 Å². The highest BCUT2D eigenvalue weighted by Crippen LogP contribution is 2.26. The lowest BCUT2D eigenvalue weighted by atomic mass is 10.1. The number of aromatic nitrogens is 3. The maximum Gasteiger partial charge on any atom is 0.246 e. The Kier molecular flexibility index (Phi) is 7.35. The summed E-state index contributed by atoms with van der Waals surface area (Å²) >= 11 is 0. The number of likely N-dealkylation sites (N-methyl/N-ethyl adjacent to an activating group) is 1. The first-order valence-electron chi connectivity index (χ1n) is 12.4. The molecule has 3 heterocycles. The average molecular weight is 498 g/mol. The molecule has 1 aromatic heterocycles.